The fourth-order valence-corrected chi connectivity index (χ4v) is 5.91. The molecule has 6 nitrogen and oxygen atoms in total. The monoisotopic (exact) mass is 440 g/mol. The van der Waals surface area contributed by atoms with Crippen LogP contribution in [0.1, 0.15) is 29.5 Å². The van der Waals surface area contributed by atoms with Gasteiger partial charge in [-0.2, -0.15) is 0 Å². The average Bonchev–Trinajstić information content (AvgIpc) is 3.42. The van der Waals surface area contributed by atoms with Crippen LogP contribution in [-0.4, -0.2) is 20.4 Å². The molecule has 1 aliphatic carbocycles. The summed E-state index contributed by atoms with van der Waals surface area (Å²) < 4.78 is 15.8. The van der Waals surface area contributed by atoms with Crippen molar-refractivity contribution in [3.63, 3.8) is 0 Å². The highest BCUT2D eigenvalue weighted by Crippen LogP contribution is 2.34. The van der Waals surface area contributed by atoms with Gasteiger partial charge < -0.3 is 0 Å². The first-order valence-electron chi connectivity index (χ1n) is 9.52. The van der Waals surface area contributed by atoms with Gasteiger partial charge in [0.15, 0.2) is 5.13 Å². The van der Waals surface area contributed by atoms with Crippen molar-refractivity contribution in [3.05, 3.63) is 68.3 Å². The summed E-state index contributed by atoms with van der Waals surface area (Å²) in [5.74, 6) is -0.836. The molecule has 0 radical (unpaired) electrons. The summed E-state index contributed by atoms with van der Waals surface area (Å²) in [5.41, 5.74) is 1.85. The molecule has 1 amide bonds. The van der Waals surface area contributed by atoms with Gasteiger partial charge in [0.05, 0.1) is 29.6 Å². The molecule has 3 aromatic heterocycles. The van der Waals surface area contributed by atoms with Crippen LogP contribution in [0.5, 0.6) is 0 Å². The number of benzene rings is 1. The molecule has 3 heterocycles. The van der Waals surface area contributed by atoms with Gasteiger partial charge in [0, 0.05) is 17.2 Å². The number of para-hydroxylation sites is 1. The lowest BCUT2D eigenvalue weighted by molar-refractivity contribution is -0.115. The predicted molar refractivity (Wildman–Crippen MR) is 116 cm³/mol. The van der Waals surface area contributed by atoms with Gasteiger partial charge in [-0.25, -0.2) is 14.4 Å². The number of fused-ring (bicyclic) bond motifs is 3. The van der Waals surface area contributed by atoms with E-state index in [2.05, 4.69) is 9.97 Å². The molecule has 9 heteroatoms. The van der Waals surface area contributed by atoms with Crippen LogP contribution in [0.25, 0.3) is 10.2 Å². The van der Waals surface area contributed by atoms with Crippen LogP contribution in [0.3, 0.4) is 0 Å². The molecule has 0 bridgehead atoms. The molecule has 0 N–H and O–H groups in total. The zero-order valence-corrected chi connectivity index (χ0v) is 17.7. The Labute approximate surface area is 179 Å². The summed E-state index contributed by atoms with van der Waals surface area (Å²) in [6, 6.07) is 6.08. The van der Waals surface area contributed by atoms with E-state index >= 15 is 0 Å². The van der Waals surface area contributed by atoms with Gasteiger partial charge in [-0.1, -0.05) is 12.1 Å². The average molecular weight is 441 g/mol. The van der Waals surface area contributed by atoms with Crippen molar-refractivity contribution in [1.82, 2.24) is 14.5 Å². The van der Waals surface area contributed by atoms with Gasteiger partial charge in [0.25, 0.3) is 5.56 Å². The molecular formula is C21H17FN4O2S2. The number of anilines is 2. The molecule has 0 fully saturated rings. The lowest BCUT2D eigenvalue weighted by atomic mass is 10.2. The minimum atomic E-state index is -0.498. The number of hydrogen-bond acceptors (Lipinski definition) is 6. The second-order valence-corrected chi connectivity index (χ2v) is 9.06. The quantitative estimate of drug-likeness (QED) is 0.475. The zero-order chi connectivity index (χ0) is 20.8. The van der Waals surface area contributed by atoms with Crippen molar-refractivity contribution in [2.24, 2.45) is 0 Å². The second kappa shape index (κ2) is 7.41. The van der Waals surface area contributed by atoms with Gasteiger partial charge in [0.2, 0.25) is 5.91 Å². The Morgan fingerprint density at radius 2 is 2.13 bits per heavy atom. The molecule has 4 aromatic rings. The van der Waals surface area contributed by atoms with Crippen LogP contribution in [-0.2, 0) is 24.2 Å². The van der Waals surface area contributed by atoms with E-state index in [1.54, 1.807) is 39.7 Å². The minimum absolute atomic E-state index is 0.0634. The zero-order valence-electron chi connectivity index (χ0n) is 16.1. The van der Waals surface area contributed by atoms with Crippen molar-refractivity contribution in [3.8, 4) is 0 Å². The third kappa shape index (κ3) is 3.14. The lowest BCUT2D eigenvalue weighted by Gasteiger charge is -2.18. The van der Waals surface area contributed by atoms with Crippen LogP contribution in [0.4, 0.5) is 15.2 Å². The second-order valence-electron chi connectivity index (χ2n) is 7.14. The van der Waals surface area contributed by atoms with Crippen LogP contribution in [0, 0.1) is 5.82 Å². The first-order valence-corrected chi connectivity index (χ1v) is 11.2. The smallest absolute Gasteiger partial charge is 0.262 e. The van der Waals surface area contributed by atoms with E-state index in [4.69, 9.17) is 0 Å². The summed E-state index contributed by atoms with van der Waals surface area (Å²) in [5, 5.41) is 2.86. The molecule has 152 valence electrons. The first-order chi connectivity index (χ1) is 14.5. The highest BCUT2D eigenvalue weighted by atomic mass is 32.1. The standard InChI is InChI=1S/C21H17FN4O2S2/c1-12(27)26(16-7-3-2-6-15(16)22)21-24-13(10-29-21)9-25-11-23-19-18(20(25)28)14-5-4-8-17(14)30-19/h2-3,6-7,10-11H,4-5,8-9H2,1H3. The highest BCUT2D eigenvalue weighted by Gasteiger charge is 2.23. The van der Waals surface area contributed by atoms with Gasteiger partial charge in [0.1, 0.15) is 10.6 Å². The fourth-order valence-electron chi connectivity index (χ4n) is 3.82. The molecule has 0 unspecified atom stereocenters. The Hall–Kier alpha value is -2.91. The Morgan fingerprint density at radius 3 is 2.93 bits per heavy atom. The van der Waals surface area contributed by atoms with Gasteiger partial charge >= 0.3 is 0 Å². The van der Waals surface area contributed by atoms with Crippen LogP contribution in [0.2, 0.25) is 0 Å². The molecule has 0 atom stereocenters. The Morgan fingerprint density at radius 1 is 1.30 bits per heavy atom. The third-order valence-corrected chi connectivity index (χ3v) is 7.24. The van der Waals surface area contributed by atoms with Gasteiger partial charge in [-0.15, -0.1) is 22.7 Å². The van der Waals surface area contributed by atoms with E-state index in [-0.39, 0.29) is 23.7 Å². The fraction of sp³-hybridized carbons (Fsp3) is 0.238. The molecule has 0 spiro atoms. The van der Waals surface area contributed by atoms with E-state index in [0.29, 0.717) is 10.8 Å². The molecular weight excluding hydrogens is 423 g/mol. The number of halogens is 1. The SMILES string of the molecule is CC(=O)N(c1nc(Cn2cnc3sc4c(c3c2=O)CCC4)cs1)c1ccccc1F. The number of carbonyl (C=O) groups excluding carboxylic acids is 1. The summed E-state index contributed by atoms with van der Waals surface area (Å²) in [6.45, 7) is 1.61. The van der Waals surface area contributed by atoms with E-state index in [0.717, 1.165) is 35.0 Å². The Bertz CT molecular complexity index is 1340. The van der Waals surface area contributed by atoms with E-state index in [1.165, 1.54) is 40.2 Å². The summed E-state index contributed by atoms with van der Waals surface area (Å²) in [6.07, 6.45) is 4.57. The summed E-state index contributed by atoms with van der Waals surface area (Å²) in [7, 11) is 0. The summed E-state index contributed by atoms with van der Waals surface area (Å²) in [4.78, 5) is 37.5. The number of aromatic nitrogens is 3. The van der Waals surface area contributed by atoms with Gasteiger partial charge in [-0.3, -0.25) is 19.1 Å². The molecule has 5 rings (SSSR count). The van der Waals surface area contributed by atoms with Crippen LogP contribution in [0.15, 0.2) is 40.8 Å². The third-order valence-electron chi connectivity index (χ3n) is 5.16. The van der Waals surface area contributed by atoms with Crippen LogP contribution < -0.4 is 10.5 Å². The maximum Gasteiger partial charge on any atom is 0.262 e. The van der Waals surface area contributed by atoms with Crippen molar-refractivity contribution in [1.29, 1.82) is 0 Å². The Balaban J connectivity index is 1.49. The number of thiophene rings is 1. The normalized spacial score (nSPS) is 13.0. The maximum atomic E-state index is 14.2. The largest absolute Gasteiger partial charge is 0.293 e. The Kier molecular flexibility index (Phi) is 4.71. The molecule has 1 aliphatic rings. The van der Waals surface area contributed by atoms with Crippen molar-refractivity contribution in [2.45, 2.75) is 32.7 Å². The number of hydrogen-bond donors (Lipinski definition) is 0. The topological polar surface area (TPSA) is 68.1 Å². The lowest BCUT2D eigenvalue weighted by Crippen LogP contribution is -2.24. The van der Waals surface area contributed by atoms with Crippen molar-refractivity contribution < 1.29 is 9.18 Å². The number of amides is 1. The minimum Gasteiger partial charge on any atom is -0.293 e. The molecule has 0 saturated carbocycles. The van der Waals surface area contributed by atoms with E-state index in [9.17, 15) is 14.0 Å². The number of carbonyl (C=O) groups is 1. The maximum absolute atomic E-state index is 14.2. The van der Waals surface area contributed by atoms with Crippen LogP contribution >= 0.6 is 22.7 Å². The van der Waals surface area contributed by atoms with E-state index < -0.39 is 5.82 Å². The van der Waals surface area contributed by atoms with Crippen molar-refractivity contribution >= 4 is 49.6 Å². The number of aryl methyl sites for hydroxylation is 2. The van der Waals surface area contributed by atoms with E-state index in [1.807, 2.05) is 0 Å². The molecule has 0 saturated heterocycles. The molecule has 1 aromatic carbocycles. The number of thiazole rings is 1. The summed E-state index contributed by atoms with van der Waals surface area (Å²) >= 11 is 2.84. The molecule has 0 aliphatic heterocycles. The van der Waals surface area contributed by atoms with Gasteiger partial charge in [-0.05, 0) is 37.0 Å². The first kappa shape index (κ1) is 19.1. The number of rotatable bonds is 4. The predicted octanol–water partition coefficient (Wildman–Crippen LogP) is 4.28. The highest BCUT2D eigenvalue weighted by molar-refractivity contribution is 7.18. The number of nitrogens with zero attached hydrogens (tertiary/aromatic N) is 4. The van der Waals surface area contributed by atoms with Crippen molar-refractivity contribution in [2.75, 3.05) is 4.90 Å². The molecule has 30 heavy (non-hydrogen) atoms.